The van der Waals surface area contributed by atoms with Crippen LogP contribution >= 0.6 is 0 Å². The van der Waals surface area contributed by atoms with Crippen molar-refractivity contribution in [3.63, 3.8) is 0 Å². The number of anilines is 1. The molecule has 0 saturated carbocycles. The Morgan fingerprint density at radius 2 is 2.11 bits per heavy atom. The molecule has 144 valence electrons. The summed E-state index contributed by atoms with van der Waals surface area (Å²) in [6, 6.07) is 10.4. The number of halogens is 1. The number of rotatable bonds is 2. The lowest BCUT2D eigenvalue weighted by Gasteiger charge is -2.30. The molecule has 1 amide bonds. The molecule has 0 radical (unpaired) electrons. The summed E-state index contributed by atoms with van der Waals surface area (Å²) < 4.78 is 19.6. The van der Waals surface area contributed by atoms with Crippen molar-refractivity contribution in [2.45, 2.75) is 32.1 Å². The van der Waals surface area contributed by atoms with Crippen LogP contribution in [-0.2, 0) is 22.7 Å². The van der Waals surface area contributed by atoms with Gasteiger partial charge in [-0.15, -0.1) is 0 Å². The average molecular weight is 380 g/mol. The van der Waals surface area contributed by atoms with Gasteiger partial charge in [-0.2, -0.15) is 0 Å². The topological polar surface area (TPSA) is 61.8 Å². The first-order valence-electron chi connectivity index (χ1n) is 9.59. The Morgan fingerprint density at radius 1 is 1.21 bits per heavy atom. The van der Waals surface area contributed by atoms with Gasteiger partial charge in [0.25, 0.3) is 5.91 Å². The second-order valence-corrected chi connectivity index (χ2v) is 7.66. The fourth-order valence-corrected chi connectivity index (χ4v) is 4.32. The highest BCUT2D eigenvalue weighted by Gasteiger charge is 2.33. The number of ether oxygens (including phenoxy) is 1. The van der Waals surface area contributed by atoms with Gasteiger partial charge >= 0.3 is 0 Å². The van der Waals surface area contributed by atoms with Crippen LogP contribution in [0.2, 0.25) is 0 Å². The highest BCUT2D eigenvalue weighted by molar-refractivity contribution is 6.36. The van der Waals surface area contributed by atoms with Gasteiger partial charge in [-0.25, -0.2) is 4.39 Å². The van der Waals surface area contributed by atoms with Crippen LogP contribution in [0.5, 0.6) is 0 Å². The van der Waals surface area contributed by atoms with Crippen LogP contribution in [0.3, 0.4) is 0 Å². The molecular weight excluding hydrogens is 359 g/mol. The predicted molar refractivity (Wildman–Crippen MR) is 104 cm³/mol. The van der Waals surface area contributed by atoms with E-state index < -0.39 is 0 Å². The van der Waals surface area contributed by atoms with Crippen LogP contribution in [-0.4, -0.2) is 35.1 Å². The number of carbonyl (C=O) groups is 1. The number of aliphatic hydroxyl groups excluding tert-OH is 1. The molecule has 0 aromatic heterocycles. The number of likely N-dealkylation sites (tertiary alicyclic amines) is 1. The first kappa shape index (κ1) is 17.4. The molecule has 1 saturated heterocycles. The van der Waals surface area contributed by atoms with E-state index in [-0.39, 0.29) is 17.8 Å². The maximum atomic E-state index is 13.7. The standard InChI is InChI=1S/C22H21FN2O3/c23-15-4-6-19-18(9-15)20(22(27)24-19)21-17-5-3-13(8-14(17)12-28-21)10-25-7-1-2-16(26)11-25/h3-6,8-9,16,26H,1-2,7,10-12H2,(H,24,27)/b21-20+. The molecule has 1 atom stereocenters. The summed E-state index contributed by atoms with van der Waals surface area (Å²) in [6.45, 7) is 2.86. The normalized spacial score (nSPS) is 23.9. The molecule has 3 aliphatic heterocycles. The number of hydrogen-bond acceptors (Lipinski definition) is 4. The molecule has 2 aromatic carbocycles. The minimum Gasteiger partial charge on any atom is -0.487 e. The van der Waals surface area contributed by atoms with Crippen LogP contribution in [0, 0.1) is 5.82 Å². The second kappa shape index (κ2) is 6.72. The number of amides is 1. The van der Waals surface area contributed by atoms with Gasteiger partial charge in [0.05, 0.1) is 11.7 Å². The first-order chi connectivity index (χ1) is 13.6. The van der Waals surface area contributed by atoms with Crippen molar-refractivity contribution in [3.05, 3.63) is 64.5 Å². The van der Waals surface area contributed by atoms with Crippen molar-refractivity contribution >= 4 is 22.9 Å². The lowest BCUT2D eigenvalue weighted by Crippen LogP contribution is -2.37. The van der Waals surface area contributed by atoms with E-state index in [1.54, 1.807) is 6.07 Å². The summed E-state index contributed by atoms with van der Waals surface area (Å²) >= 11 is 0. The van der Waals surface area contributed by atoms with E-state index >= 15 is 0 Å². The van der Waals surface area contributed by atoms with E-state index in [0.717, 1.165) is 42.6 Å². The molecule has 0 aliphatic carbocycles. The molecule has 1 fully saturated rings. The molecule has 5 rings (SSSR count). The Morgan fingerprint density at radius 3 is 2.96 bits per heavy atom. The number of carbonyl (C=O) groups excluding carboxylic acids is 1. The summed E-state index contributed by atoms with van der Waals surface area (Å²) in [5, 5.41) is 12.6. The van der Waals surface area contributed by atoms with Gasteiger partial charge in [-0.05, 0) is 43.1 Å². The molecule has 28 heavy (non-hydrogen) atoms. The smallest absolute Gasteiger partial charge is 0.260 e. The van der Waals surface area contributed by atoms with Crippen molar-refractivity contribution in [3.8, 4) is 0 Å². The van der Waals surface area contributed by atoms with Crippen molar-refractivity contribution in [1.82, 2.24) is 4.90 Å². The van der Waals surface area contributed by atoms with Crippen molar-refractivity contribution < 1.29 is 19.0 Å². The third kappa shape index (κ3) is 2.99. The zero-order valence-electron chi connectivity index (χ0n) is 15.4. The summed E-state index contributed by atoms with van der Waals surface area (Å²) in [5.41, 5.74) is 4.59. The lowest BCUT2D eigenvalue weighted by atomic mass is 9.98. The molecule has 2 aromatic rings. The fourth-order valence-electron chi connectivity index (χ4n) is 4.32. The largest absolute Gasteiger partial charge is 0.487 e. The highest BCUT2D eigenvalue weighted by atomic mass is 19.1. The summed E-state index contributed by atoms with van der Waals surface area (Å²) in [4.78, 5) is 14.8. The molecule has 1 unspecified atom stereocenters. The van der Waals surface area contributed by atoms with Crippen LogP contribution < -0.4 is 5.32 Å². The van der Waals surface area contributed by atoms with Crippen LogP contribution in [0.25, 0.3) is 11.3 Å². The Bertz CT molecular complexity index is 1000. The molecule has 3 aliphatic rings. The molecule has 2 N–H and O–H groups in total. The molecule has 5 nitrogen and oxygen atoms in total. The van der Waals surface area contributed by atoms with E-state index in [9.17, 15) is 14.3 Å². The van der Waals surface area contributed by atoms with Crippen LogP contribution in [0.15, 0.2) is 36.4 Å². The van der Waals surface area contributed by atoms with E-state index in [1.807, 2.05) is 12.1 Å². The second-order valence-electron chi connectivity index (χ2n) is 7.66. The van der Waals surface area contributed by atoms with Crippen molar-refractivity contribution in [2.24, 2.45) is 0 Å². The van der Waals surface area contributed by atoms with Gasteiger partial charge in [0, 0.05) is 35.5 Å². The lowest BCUT2D eigenvalue weighted by molar-refractivity contribution is -0.110. The van der Waals surface area contributed by atoms with Crippen molar-refractivity contribution in [2.75, 3.05) is 18.4 Å². The molecule has 0 bridgehead atoms. The van der Waals surface area contributed by atoms with Gasteiger partial charge in [0.1, 0.15) is 18.2 Å². The van der Waals surface area contributed by atoms with Gasteiger partial charge < -0.3 is 15.2 Å². The van der Waals surface area contributed by atoms with Gasteiger partial charge in [-0.1, -0.05) is 18.2 Å². The summed E-state index contributed by atoms with van der Waals surface area (Å²) in [6.07, 6.45) is 1.63. The maximum absolute atomic E-state index is 13.7. The number of aliphatic hydroxyl groups is 1. The Labute approximate surface area is 162 Å². The van der Waals surface area contributed by atoms with Gasteiger partial charge in [0.15, 0.2) is 0 Å². The average Bonchev–Trinajstić information content (AvgIpc) is 3.21. The zero-order valence-corrected chi connectivity index (χ0v) is 15.4. The third-order valence-corrected chi connectivity index (χ3v) is 5.63. The molecule has 0 spiro atoms. The van der Waals surface area contributed by atoms with Gasteiger partial charge in [-0.3, -0.25) is 9.69 Å². The third-order valence-electron chi connectivity index (χ3n) is 5.63. The number of β-amino-alcohol motifs (C(OH)–C–C–N with tert-alkyl or cyclic N) is 1. The number of fused-ring (bicyclic) bond motifs is 2. The van der Waals surface area contributed by atoms with Crippen LogP contribution in [0.4, 0.5) is 10.1 Å². The summed E-state index contributed by atoms with van der Waals surface area (Å²) in [7, 11) is 0. The minimum atomic E-state index is -0.384. The Kier molecular flexibility index (Phi) is 4.18. The molecule has 3 heterocycles. The maximum Gasteiger partial charge on any atom is 0.260 e. The Balaban J connectivity index is 1.47. The zero-order chi connectivity index (χ0) is 19.3. The van der Waals surface area contributed by atoms with Crippen LogP contribution in [0.1, 0.15) is 35.1 Å². The number of benzene rings is 2. The van der Waals surface area contributed by atoms with E-state index in [2.05, 4.69) is 16.3 Å². The molecular formula is C22H21FN2O3. The quantitative estimate of drug-likeness (QED) is 0.786. The SMILES string of the molecule is O=C1Nc2ccc(F)cc2/C1=C1\OCc2cc(CN3CCCC(O)C3)ccc21. The van der Waals surface area contributed by atoms with E-state index in [4.69, 9.17) is 4.74 Å². The first-order valence-corrected chi connectivity index (χ1v) is 9.59. The number of piperidine rings is 1. The molecule has 6 heteroatoms. The van der Waals surface area contributed by atoms with Crippen molar-refractivity contribution in [1.29, 1.82) is 0 Å². The minimum absolute atomic E-state index is 0.246. The van der Waals surface area contributed by atoms with E-state index in [1.165, 1.54) is 12.1 Å². The number of hydrogen-bond donors (Lipinski definition) is 2. The fraction of sp³-hybridized carbons (Fsp3) is 0.318. The number of nitrogens with one attached hydrogen (secondary N) is 1. The van der Waals surface area contributed by atoms with E-state index in [0.29, 0.717) is 35.7 Å². The van der Waals surface area contributed by atoms with Gasteiger partial charge in [0.2, 0.25) is 0 Å². The monoisotopic (exact) mass is 380 g/mol. The summed E-state index contributed by atoms with van der Waals surface area (Å²) in [5.74, 6) is -0.141. The highest BCUT2D eigenvalue weighted by Crippen LogP contribution is 2.42. The Hall–Kier alpha value is -2.70. The number of nitrogens with zero attached hydrogens (tertiary/aromatic N) is 1. The predicted octanol–water partition coefficient (Wildman–Crippen LogP) is 3.13.